The van der Waals surface area contributed by atoms with Gasteiger partial charge in [0, 0.05) is 0 Å². The van der Waals surface area contributed by atoms with Gasteiger partial charge in [-0.1, -0.05) is 18.2 Å². The first-order chi connectivity index (χ1) is 11.6. The summed E-state index contributed by atoms with van der Waals surface area (Å²) in [4.78, 5) is 51.1. The van der Waals surface area contributed by atoms with Crippen molar-refractivity contribution in [3.63, 3.8) is 0 Å². The molecule has 1 aliphatic heterocycles. The number of hydrogen-bond donors (Lipinski definition) is 2. The van der Waals surface area contributed by atoms with E-state index >= 15 is 0 Å². The summed E-state index contributed by atoms with van der Waals surface area (Å²) in [6, 6.07) is 4.63. The van der Waals surface area contributed by atoms with Crippen molar-refractivity contribution in [2.45, 2.75) is 6.42 Å². The lowest BCUT2D eigenvalue weighted by Crippen LogP contribution is -2.34. The Bertz CT molecular complexity index is 1030. The van der Waals surface area contributed by atoms with E-state index in [9.17, 15) is 19.2 Å². The Kier molecular flexibility index (Phi) is 2.42. The molecule has 1 saturated carbocycles. The molecule has 4 atom stereocenters. The van der Waals surface area contributed by atoms with Gasteiger partial charge in [0.1, 0.15) is 0 Å². The zero-order valence-electron chi connectivity index (χ0n) is 12.5. The van der Waals surface area contributed by atoms with Crippen LogP contribution in [0, 0.1) is 23.7 Å². The molecule has 2 N–H and O–H groups in total. The van der Waals surface area contributed by atoms with Crippen LogP contribution >= 0.6 is 0 Å². The summed E-state index contributed by atoms with van der Waals surface area (Å²) >= 11 is 0. The molecule has 5 rings (SSSR count). The molecule has 3 aliphatic rings. The normalized spacial score (nSPS) is 30.6. The number of carbonyl (C=O) groups excluding carboxylic acids is 2. The Balaban J connectivity index is 1.74. The van der Waals surface area contributed by atoms with Crippen LogP contribution in [0.2, 0.25) is 0 Å². The average Bonchev–Trinajstić information content (AvgIpc) is 3.25. The number of aromatic nitrogens is 2. The van der Waals surface area contributed by atoms with Crippen LogP contribution < -0.4 is 16.0 Å². The number of aromatic amines is 2. The van der Waals surface area contributed by atoms with Crippen LogP contribution in [0.25, 0.3) is 10.8 Å². The molecule has 2 heterocycles. The monoisotopic (exact) mass is 323 g/mol. The van der Waals surface area contributed by atoms with Gasteiger partial charge in [-0.15, -0.1) is 0 Å². The van der Waals surface area contributed by atoms with Crippen molar-refractivity contribution in [1.29, 1.82) is 0 Å². The lowest BCUT2D eigenvalue weighted by molar-refractivity contribution is -0.123. The molecule has 120 valence electrons. The fourth-order valence-electron chi connectivity index (χ4n) is 4.54. The van der Waals surface area contributed by atoms with Crippen LogP contribution in [-0.2, 0) is 9.59 Å². The number of rotatable bonds is 1. The van der Waals surface area contributed by atoms with Crippen molar-refractivity contribution >= 4 is 28.3 Å². The number of carbonyl (C=O) groups is 2. The summed E-state index contributed by atoms with van der Waals surface area (Å²) in [6.07, 6.45) is 4.87. The van der Waals surface area contributed by atoms with E-state index in [4.69, 9.17) is 0 Å². The number of allylic oxidation sites excluding steroid dienone is 2. The van der Waals surface area contributed by atoms with Crippen LogP contribution in [0.15, 0.2) is 39.9 Å². The van der Waals surface area contributed by atoms with Gasteiger partial charge in [0.25, 0.3) is 11.1 Å². The zero-order chi connectivity index (χ0) is 16.6. The first-order valence-electron chi connectivity index (χ1n) is 7.88. The molecule has 0 unspecified atom stereocenters. The largest absolute Gasteiger partial charge is 0.274 e. The van der Waals surface area contributed by atoms with Gasteiger partial charge in [-0.25, -0.2) is 4.90 Å². The highest BCUT2D eigenvalue weighted by atomic mass is 16.2. The zero-order valence-corrected chi connectivity index (χ0v) is 12.5. The summed E-state index contributed by atoms with van der Waals surface area (Å²) < 4.78 is 0. The number of benzene rings is 1. The lowest BCUT2D eigenvalue weighted by atomic mass is 9.85. The number of hydrogen-bond acceptors (Lipinski definition) is 4. The second kappa shape index (κ2) is 4.31. The average molecular weight is 323 g/mol. The SMILES string of the molecule is O=C1[C@@H]2[C@@H](C(=O)N1c1cccc3c(=O)[nH][nH]c(=O)c13)[C@H]1C=C[C@H]2C1. The highest BCUT2D eigenvalue weighted by Crippen LogP contribution is 2.53. The molecule has 2 bridgehead atoms. The molecule has 1 saturated heterocycles. The maximum atomic E-state index is 12.9. The molecule has 2 amide bonds. The topological polar surface area (TPSA) is 103 Å². The van der Waals surface area contributed by atoms with Crippen molar-refractivity contribution in [3.8, 4) is 0 Å². The fourth-order valence-corrected chi connectivity index (χ4v) is 4.54. The Labute approximate surface area is 135 Å². The van der Waals surface area contributed by atoms with Crippen LogP contribution in [0.3, 0.4) is 0 Å². The third-order valence-corrected chi connectivity index (χ3v) is 5.51. The van der Waals surface area contributed by atoms with Gasteiger partial charge in [-0.3, -0.25) is 29.4 Å². The highest BCUT2D eigenvalue weighted by Gasteiger charge is 2.59. The van der Waals surface area contributed by atoms with Crippen LogP contribution in [0.1, 0.15) is 6.42 Å². The molecule has 1 aromatic carbocycles. The first kappa shape index (κ1) is 13.5. The van der Waals surface area contributed by atoms with Crippen LogP contribution in [-0.4, -0.2) is 22.0 Å². The minimum Gasteiger partial charge on any atom is -0.274 e. The van der Waals surface area contributed by atoms with Gasteiger partial charge in [-0.2, -0.15) is 0 Å². The quantitative estimate of drug-likeness (QED) is 0.590. The third kappa shape index (κ3) is 1.46. The number of nitrogens with zero attached hydrogens (tertiary/aromatic N) is 1. The summed E-state index contributed by atoms with van der Waals surface area (Å²) in [5, 5.41) is 4.75. The maximum Gasteiger partial charge on any atom is 0.272 e. The van der Waals surface area contributed by atoms with E-state index in [1.165, 1.54) is 6.07 Å². The molecule has 2 fully saturated rings. The van der Waals surface area contributed by atoms with E-state index in [0.29, 0.717) is 0 Å². The van der Waals surface area contributed by atoms with Gasteiger partial charge < -0.3 is 0 Å². The van der Waals surface area contributed by atoms with Crippen molar-refractivity contribution in [2.24, 2.45) is 23.7 Å². The van der Waals surface area contributed by atoms with E-state index in [0.717, 1.165) is 11.3 Å². The Morgan fingerprint density at radius 3 is 2.17 bits per heavy atom. The minimum atomic E-state index is -0.529. The van der Waals surface area contributed by atoms with Gasteiger partial charge in [0.2, 0.25) is 11.8 Å². The van der Waals surface area contributed by atoms with E-state index < -0.39 is 11.1 Å². The van der Waals surface area contributed by atoms with Crippen molar-refractivity contribution in [3.05, 3.63) is 51.1 Å². The van der Waals surface area contributed by atoms with E-state index in [2.05, 4.69) is 10.2 Å². The smallest absolute Gasteiger partial charge is 0.272 e. The fraction of sp³-hybridized carbons (Fsp3) is 0.294. The van der Waals surface area contributed by atoms with Gasteiger partial charge in [0.15, 0.2) is 0 Å². The number of anilines is 1. The molecule has 0 spiro atoms. The third-order valence-electron chi connectivity index (χ3n) is 5.51. The number of fused-ring (bicyclic) bond motifs is 6. The van der Waals surface area contributed by atoms with Crippen molar-refractivity contribution in [1.82, 2.24) is 10.2 Å². The standard InChI is InChI=1S/C17H13N3O4/c21-14-9-2-1-3-10(13(9)15(22)19-18-14)20-16(23)11-7-4-5-8(6-7)12(11)17(20)24/h1-5,7-8,11-12H,6H2,(H,18,21)(H,19,22)/t7-,8-,11-,12-/m0/s1. The maximum absolute atomic E-state index is 12.9. The Morgan fingerprint density at radius 1 is 0.875 bits per heavy atom. The second-order valence-corrected chi connectivity index (χ2v) is 6.62. The second-order valence-electron chi connectivity index (χ2n) is 6.62. The molecular formula is C17H13N3O4. The van der Waals surface area contributed by atoms with E-state index in [-0.39, 0.29) is 51.9 Å². The molecular weight excluding hydrogens is 310 g/mol. The van der Waals surface area contributed by atoms with Gasteiger partial charge >= 0.3 is 0 Å². The van der Waals surface area contributed by atoms with E-state index in [1.807, 2.05) is 12.2 Å². The molecule has 2 aromatic rings. The molecule has 7 nitrogen and oxygen atoms in total. The molecule has 7 heteroatoms. The molecule has 24 heavy (non-hydrogen) atoms. The van der Waals surface area contributed by atoms with Crippen LogP contribution in [0.5, 0.6) is 0 Å². The summed E-state index contributed by atoms with van der Waals surface area (Å²) in [7, 11) is 0. The van der Waals surface area contributed by atoms with Crippen LogP contribution in [0.4, 0.5) is 5.69 Å². The van der Waals surface area contributed by atoms with Crippen molar-refractivity contribution < 1.29 is 9.59 Å². The number of H-pyrrole nitrogens is 2. The highest BCUT2D eigenvalue weighted by molar-refractivity contribution is 6.25. The van der Waals surface area contributed by atoms with Gasteiger partial charge in [0.05, 0.1) is 28.3 Å². The predicted molar refractivity (Wildman–Crippen MR) is 85.4 cm³/mol. The lowest BCUT2D eigenvalue weighted by Gasteiger charge is -2.18. The number of nitrogens with one attached hydrogen (secondary N) is 2. The molecule has 1 aromatic heterocycles. The summed E-state index contributed by atoms with van der Waals surface area (Å²) in [5.41, 5.74) is -0.796. The van der Waals surface area contributed by atoms with Gasteiger partial charge in [-0.05, 0) is 30.4 Å². The number of imide groups is 1. The minimum absolute atomic E-state index is 0.0724. The number of amides is 2. The summed E-state index contributed by atoms with van der Waals surface area (Å²) in [6.45, 7) is 0. The van der Waals surface area contributed by atoms with Crippen molar-refractivity contribution in [2.75, 3.05) is 4.90 Å². The molecule has 2 aliphatic carbocycles. The Morgan fingerprint density at radius 2 is 1.50 bits per heavy atom. The van der Waals surface area contributed by atoms with E-state index in [1.54, 1.807) is 12.1 Å². The molecule has 0 radical (unpaired) electrons. The first-order valence-corrected chi connectivity index (χ1v) is 7.88. The summed E-state index contributed by atoms with van der Waals surface area (Å²) in [5.74, 6) is -1.04. The Hall–Kier alpha value is -2.96. The predicted octanol–water partition coefficient (Wildman–Crippen LogP) is 0.528.